The van der Waals surface area contributed by atoms with Gasteiger partial charge in [0.2, 0.25) is 4.83 Å². The molecule has 0 radical (unpaired) electrons. The van der Waals surface area contributed by atoms with Gasteiger partial charge in [0, 0.05) is 28.0 Å². The van der Waals surface area contributed by atoms with Gasteiger partial charge >= 0.3 is 0 Å². The van der Waals surface area contributed by atoms with Crippen molar-refractivity contribution in [1.82, 2.24) is 9.55 Å². The van der Waals surface area contributed by atoms with Gasteiger partial charge in [0.25, 0.3) is 5.82 Å². The number of benzene rings is 1. The molecule has 0 spiro atoms. The van der Waals surface area contributed by atoms with E-state index in [1.165, 1.54) is 37.4 Å². The Kier molecular flexibility index (Phi) is 1.83. The molecule has 0 bridgehead atoms. The lowest BCUT2D eigenvalue weighted by molar-refractivity contribution is -0.631. The maximum absolute atomic E-state index is 4.29. The molecule has 0 aliphatic carbocycles. The quantitative estimate of drug-likeness (QED) is 0.399. The summed E-state index contributed by atoms with van der Waals surface area (Å²) in [5.41, 5.74) is 3.99. The van der Waals surface area contributed by atoms with Crippen molar-refractivity contribution in [1.29, 1.82) is 0 Å². The Morgan fingerprint density at radius 1 is 1.25 bits per heavy atom. The van der Waals surface area contributed by atoms with Crippen LogP contribution >= 0.6 is 11.3 Å². The van der Waals surface area contributed by atoms with Crippen LogP contribution < -0.4 is 4.57 Å². The highest BCUT2D eigenvalue weighted by atomic mass is 32.1. The first-order valence-electron chi connectivity index (χ1n) is 6.67. The smallest absolute Gasteiger partial charge is 0.264 e. The molecule has 4 heterocycles. The largest absolute Gasteiger partial charge is 0.292 e. The summed E-state index contributed by atoms with van der Waals surface area (Å²) >= 11 is 1.87. The molecule has 96 valence electrons. The molecular weight excluding hydrogens is 266 g/mol. The van der Waals surface area contributed by atoms with Gasteiger partial charge < -0.3 is 0 Å². The summed E-state index contributed by atoms with van der Waals surface area (Å²) in [5.74, 6) is 1.28. The van der Waals surface area contributed by atoms with E-state index in [4.69, 9.17) is 0 Å². The summed E-state index contributed by atoms with van der Waals surface area (Å²) in [6.45, 7) is 0.950. The molecule has 4 heteroatoms. The van der Waals surface area contributed by atoms with E-state index >= 15 is 0 Å². The lowest BCUT2D eigenvalue weighted by Crippen LogP contribution is -2.28. The molecule has 1 aliphatic heterocycles. The molecule has 3 aromatic heterocycles. The predicted octanol–water partition coefficient (Wildman–Crippen LogP) is 3.10. The maximum Gasteiger partial charge on any atom is 0.292 e. The van der Waals surface area contributed by atoms with E-state index in [-0.39, 0.29) is 0 Å². The molecule has 1 aromatic carbocycles. The molecule has 0 amide bonds. The number of thiophene rings is 1. The van der Waals surface area contributed by atoms with Crippen molar-refractivity contribution in [2.75, 3.05) is 0 Å². The lowest BCUT2D eigenvalue weighted by atomic mass is 10.2. The first kappa shape index (κ1) is 10.6. The van der Waals surface area contributed by atoms with Gasteiger partial charge in [-0.25, -0.2) is 9.13 Å². The van der Waals surface area contributed by atoms with Crippen LogP contribution in [0.1, 0.15) is 5.56 Å². The van der Waals surface area contributed by atoms with E-state index in [1.54, 1.807) is 0 Å². The molecule has 20 heavy (non-hydrogen) atoms. The summed E-state index contributed by atoms with van der Waals surface area (Å²) in [6.07, 6.45) is 3.87. The summed E-state index contributed by atoms with van der Waals surface area (Å²) in [7, 11) is 2.16. The molecule has 0 saturated heterocycles. The number of hydrogen-bond acceptors (Lipinski definition) is 2. The number of hydrogen-bond donors (Lipinski definition) is 0. The fourth-order valence-electron chi connectivity index (χ4n) is 3.30. The Balaban J connectivity index is 1.99. The molecule has 0 fully saturated rings. The van der Waals surface area contributed by atoms with Gasteiger partial charge in [0.1, 0.15) is 6.54 Å². The molecule has 0 N–H and O–H groups in total. The van der Waals surface area contributed by atoms with Crippen LogP contribution in [-0.2, 0) is 13.6 Å². The van der Waals surface area contributed by atoms with Gasteiger partial charge in [-0.05, 0) is 18.2 Å². The van der Waals surface area contributed by atoms with Crippen molar-refractivity contribution < 1.29 is 4.57 Å². The van der Waals surface area contributed by atoms with Crippen molar-refractivity contribution in [2.45, 2.75) is 6.54 Å². The first-order valence-corrected chi connectivity index (χ1v) is 7.49. The van der Waals surface area contributed by atoms with Crippen LogP contribution in [0.2, 0.25) is 0 Å². The average Bonchev–Trinajstić information content (AvgIpc) is 3.10. The lowest BCUT2D eigenvalue weighted by Gasteiger charge is -1.93. The molecule has 0 saturated carbocycles. The Morgan fingerprint density at radius 2 is 2.15 bits per heavy atom. The van der Waals surface area contributed by atoms with Gasteiger partial charge in [-0.15, -0.1) is 0 Å². The number of imidazole rings is 1. The number of nitrogens with zero attached hydrogens (tertiary/aromatic N) is 3. The standard InChI is InChI=1S/C16H12N3S/c1-18-15-12-8-17-7-6-10(12)9-19(15)14-11-4-2-3-5-13(11)20-16(14)18/h2-8H,9H2,1H3/q+1. The Bertz CT molecular complexity index is 994. The molecule has 0 unspecified atom stereocenters. The first-order chi connectivity index (χ1) is 9.84. The molecule has 3 nitrogen and oxygen atoms in total. The van der Waals surface area contributed by atoms with Gasteiger partial charge in [-0.2, -0.15) is 0 Å². The van der Waals surface area contributed by atoms with Crippen LogP contribution in [0.3, 0.4) is 0 Å². The van der Waals surface area contributed by atoms with E-state index in [2.05, 4.69) is 51.5 Å². The summed E-state index contributed by atoms with van der Waals surface area (Å²) < 4.78 is 6.10. The summed E-state index contributed by atoms with van der Waals surface area (Å²) in [6, 6.07) is 10.8. The third kappa shape index (κ3) is 1.11. The molecule has 1 aliphatic rings. The number of aryl methyl sites for hydroxylation is 1. The number of aromatic nitrogens is 3. The molecule has 5 rings (SSSR count). The number of pyridine rings is 1. The van der Waals surface area contributed by atoms with E-state index < -0.39 is 0 Å². The monoisotopic (exact) mass is 278 g/mol. The highest BCUT2D eigenvalue weighted by Gasteiger charge is 2.34. The third-order valence-electron chi connectivity index (χ3n) is 4.18. The average molecular weight is 278 g/mol. The van der Waals surface area contributed by atoms with Crippen LogP contribution in [-0.4, -0.2) is 9.55 Å². The van der Waals surface area contributed by atoms with Gasteiger partial charge in [0.15, 0.2) is 5.52 Å². The van der Waals surface area contributed by atoms with Crippen LogP contribution in [0, 0.1) is 0 Å². The van der Waals surface area contributed by atoms with Crippen LogP contribution in [0.15, 0.2) is 42.7 Å². The Hall–Kier alpha value is -2.20. The fourth-order valence-corrected chi connectivity index (χ4v) is 4.47. The second kappa shape index (κ2) is 3.46. The normalized spacial score (nSPS) is 13.1. The SMILES string of the molecule is C[n+]1c2n(c3c4ccccc4sc31)Cc1ccncc1-2. The van der Waals surface area contributed by atoms with Crippen molar-refractivity contribution in [3.63, 3.8) is 0 Å². The zero-order valence-electron chi connectivity index (χ0n) is 11.0. The zero-order chi connectivity index (χ0) is 13.3. The minimum absolute atomic E-state index is 0.950. The van der Waals surface area contributed by atoms with Gasteiger partial charge in [-0.3, -0.25) is 4.98 Å². The molecule has 0 atom stereocenters. The topological polar surface area (TPSA) is 21.7 Å². The van der Waals surface area contributed by atoms with Crippen molar-refractivity contribution >= 4 is 31.8 Å². The predicted molar refractivity (Wildman–Crippen MR) is 80.8 cm³/mol. The molecular formula is C16H12N3S+. The van der Waals surface area contributed by atoms with Crippen LogP contribution in [0.5, 0.6) is 0 Å². The Morgan fingerprint density at radius 3 is 3.10 bits per heavy atom. The summed E-state index contributed by atoms with van der Waals surface area (Å²) in [5, 5.41) is 1.36. The fraction of sp³-hybridized carbons (Fsp3) is 0.125. The number of rotatable bonds is 0. The minimum Gasteiger partial charge on any atom is -0.264 e. The highest BCUT2D eigenvalue weighted by molar-refractivity contribution is 7.25. The minimum atomic E-state index is 0.950. The van der Waals surface area contributed by atoms with E-state index in [0.29, 0.717) is 0 Å². The van der Waals surface area contributed by atoms with Crippen LogP contribution in [0.25, 0.3) is 31.8 Å². The van der Waals surface area contributed by atoms with Gasteiger partial charge in [-0.1, -0.05) is 23.5 Å². The maximum atomic E-state index is 4.29. The van der Waals surface area contributed by atoms with Crippen molar-refractivity contribution in [3.05, 3.63) is 48.3 Å². The van der Waals surface area contributed by atoms with E-state index in [1.807, 2.05) is 23.7 Å². The zero-order valence-corrected chi connectivity index (χ0v) is 11.8. The highest BCUT2D eigenvalue weighted by Crippen LogP contribution is 2.39. The number of fused-ring (bicyclic) bond motifs is 7. The van der Waals surface area contributed by atoms with Gasteiger partial charge in [0.05, 0.1) is 12.6 Å². The molecule has 4 aromatic rings. The van der Waals surface area contributed by atoms with E-state index in [9.17, 15) is 0 Å². The second-order valence-electron chi connectivity index (χ2n) is 5.25. The Labute approximate surface area is 119 Å². The second-order valence-corrected chi connectivity index (χ2v) is 6.28. The van der Waals surface area contributed by atoms with Crippen LogP contribution in [0.4, 0.5) is 0 Å². The summed E-state index contributed by atoms with van der Waals surface area (Å²) in [4.78, 5) is 5.63. The van der Waals surface area contributed by atoms with Crippen molar-refractivity contribution in [3.8, 4) is 11.4 Å². The van der Waals surface area contributed by atoms with Crippen molar-refractivity contribution in [2.24, 2.45) is 7.05 Å². The third-order valence-corrected chi connectivity index (χ3v) is 5.42. The van der Waals surface area contributed by atoms with E-state index in [0.717, 1.165) is 6.54 Å².